The van der Waals surface area contributed by atoms with Gasteiger partial charge >= 0.3 is 5.97 Å². The molecule has 0 heterocycles. The Morgan fingerprint density at radius 2 is 1.86 bits per heavy atom. The van der Waals surface area contributed by atoms with Crippen LogP contribution in [0.25, 0.3) is 0 Å². The number of ether oxygens (including phenoxy) is 1. The van der Waals surface area contributed by atoms with E-state index >= 15 is 0 Å². The predicted molar refractivity (Wildman–Crippen MR) is 77.5 cm³/mol. The lowest BCUT2D eigenvalue weighted by molar-refractivity contribution is 0.0692. The Morgan fingerprint density at radius 3 is 2.38 bits per heavy atom. The number of benzene rings is 1. The number of carboxylic acid groups (broad SMARTS) is 1. The largest absolute Gasteiger partial charge is 0.486 e. The lowest BCUT2D eigenvalue weighted by atomic mass is 10.1. The van der Waals surface area contributed by atoms with Crippen LogP contribution in [0.1, 0.15) is 36.7 Å². The summed E-state index contributed by atoms with van der Waals surface area (Å²) >= 11 is 0. The summed E-state index contributed by atoms with van der Waals surface area (Å²) in [5.41, 5.74) is 1.35. The number of hydrogen-bond donors (Lipinski definition) is 2. The van der Waals surface area contributed by atoms with Crippen LogP contribution in [-0.2, 0) is 11.3 Å². The second kappa shape index (κ2) is 7.59. The average molecular weight is 294 g/mol. The summed E-state index contributed by atoms with van der Waals surface area (Å²) in [4.78, 5) is 11.1. The zero-order valence-corrected chi connectivity index (χ0v) is 12.3. The van der Waals surface area contributed by atoms with Crippen LogP contribution in [0.3, 0.4) is 0 Å². The molecule has 0 spiro atoms. The van der Waals surface area contributed by atoms with Gasteiger partial charge in [-0.2, -0.15) is 0 Å². The van der Waals surface area contributed by atoms with Gasteiger partial charge in [-0.3, -0.25) is 0 Å². The van der Waals surface area contributed by atoms with Crippen molar-refractivity contribution < 1.29 is 24.1 Å². The predicted octanol–water partition coefficient (Wildman–Crippen LogP) is 3.43. The van der Waals surface area contributed by atoms with Gasteiger partial charge in [0.15, 0.2) is 11.6 Å². The second-order valence-corrected chi connectivity index (χ2v) is 4.83. The van der Waals surface area contributed by atoms with Gasteiger partial charge in [-0.15, -0.1) is 0 Å². The van der Waals surface area contributed by atoms with Crippen LogP contribution < -0.4 is 0 Å². The Kier molecular flexibility index (Phi) is 6.11. The van der Waals surface area contributed by atoms with Gasteiger partial charge in [-0.1, -0.05) is 18.2 Å². The first-order chi connectivity index (χ1) is 9.88. The van der Waals surface area contributed by atoms with E-state index in [9.17, 15) is 9.18 Å². The number of aromatic carboxylic acids is 1. The fourth-order valence-corrected chi connectivity index (χ4v) is 1.70. The number of aliphatic hydroxyl groups is 1. The monoisotopic (exact) mass is 294 g/mol. The first-order valence-corrected chi connectivity index (χ1v) is 6.46. The fraction of sp³-hybridized carbons (Fsp3) is 0.312. The molecule has 2 N–H and O–H groups in total. The third-order valence-electron chi connectivity index (χ3n) is 2.89. The number of hydrogen-bond acceptors (Lipinski definition) is 3. The molecule has 114 valence electrons. The van der Waals surface area contributed by atoms with Gasteiger partial charge in [-0.05, 0) is 38.0 Å². The molecule has 0 saturated carbocycles. The number of carboxylic acids is 1. The van der Waals surface area contributed by atoms with Crippen molar-refractivity contribution in [3.8, 4) is 0 Å². The summed E-state index contributed by atoms with van der Waals surface area (Å²) in [5.74, 6) is -1.65. The summed E-state index contributed by atoms with van der Waals surface area (Å²) in [7, 11) is 0. The molecule has 1 aromatic carbocycles. The van der Waals surface area contributed by atoms with Crippen molar-refractivity contribution in [1.82, 2.24) is 0 Å². The van der Waals surface area contributed by atoms with E-state index in [4.69, 9.17) is 14.9 Å². The molecule has 0 bridgehead atoms. The van der Waals surface area contributed by atoms with Gasteiger partial charge in [0, 0.05) is 5.56 Å². The van der Waals surface area contributed by atoms with E-state index in [-0.39, 0.29) is 23.5 Å². The first kappa shape index (κ1) is 16.9. The number of allylic oxidation sites excluding steroid dienone is 2. The Bertz CT molecular complexity index is 584. The zero-order valence-electron chi connectivity index (χ0n) is 12.3. The number of aliphatic hydroxyl groups excluding tert-OH is 1. The minimum atomic E-state index is -1.06. The van der Waals surface area contributed by atoms with Gasteiger partial charge in [0.1, 0.15) is 6.61 Å². The normalized spacial score (nSPS) is 11.7. The van der Waals surface area contributed by atoms with E-state index in [1.807, 2.05) is 0 Å². The fourth-order valence-electron chi connectivity index (χ4n) is 1.70. The van der Waals surface area contributed by atoms with Crippen LogP contribution in [0.5, 0.6) is 0 Å². The molecular weight excluding hydrogens is 275 g/mol. The summed E-state index contributed by atoms with van der Waals surface area (Å²) in [6, 6.07) is 6.39. The third kappa shape index (κ3) is 4.43. The quantitative estimate of drug-likeness (QED) is 0.623. The molecule has 4 nitrogen and oxygen atoms in total. The van der Waals surface area contributed by atoms with Crippen molar-refractivity contribution in [2.24, 2.45) is 0 Å². The summed E-state index contributed by atoms with van der Waals surface area (Å²) < 4.78 is 19.5. The van der Waals surface area contributed by atoms with Crippen LogP contribution in [0, 0.1) is 0 Å². The molecule has 21 heavy (non-hydrogen) atoms. The summed E-state index contributed by atoms with van der Waals surface area (Å²) in [6.07, 6.45) is 0. The minimum Gasteiger partial charge on any atom is -0.486 e. The van der Waals surface area contributed by atoms with Crippen molar-refractivity contribution in [1.29, 1.82) is 0 Å². The van der Waals surface area contributed by atoms with Crippen molar-refractivity contribution in [2.75, 3.05) is 6.61 Å². The maximum atomic E-state index is 14.1. The molecular formula is C16H19FO4. The Labute approximate surface area is 123 Å². The third-order valence-corrected chi connectivity index (χ3v) is 2.89. The SMILES string of the molecule is CC(C)=C(OCc1ccccc1C(=O)O)/C(F)=C(/C)CO. The zero-order chi connectivity index (χ0) is 16.0. The molecule has 0 aromatic heterocycles. The van der Waals surface area contributed by atoms with Crippen molar-refractivity contribution in [3.05, 3.63) is 58.1 Å². The molecule has 0 saturated heterocycles. The van der Waals surface area contributed by atoms with E-state index in [0.29, 0.717) is 11.1 Å². The molecule has 0 aliphatic heterocycles. The van der Waals surface area contributed by atoms with Crippen LogP contribution in [0.4, 0.5) is 4.39 Å². The van der Waals surface area contributed by atoms with Crippen LogP contribution in [0.2, 0.25) is 0 Å². The lowest BCUT2D eigenvalue weighted by Crippen LogP contribution is -2.05. The first-order valence-electron chi connectivity index (χ1n) is 6.46. The van der Waals surface area contributed by atoms with E-state index in [2.05, 4.69) is 0 Å². The van der Waals surface area contributed by atoms with Gasteiger partial charge in [-0.25, -0.2) is 9.18 Å². The molecule has 0 fully saturated rings. The molecule has 0 unspecified atom stereocenters. The van der Waals surface area contributed by atoms with Crippen molar-refractivity contribution in [2.45, 2.75) is 27.4 Å². The second-order valence-electron chi connectivity index (χ2n) is 4.83. The van der Waals surface area contributed by atoms with Gasteiger partial charge in [0.05, 0.1) is 12.2 Å². The maximum Gasteiger partial charge on any atom is 0.336 e. The molecule has 1 rings (SSSR count). The smallest absolute Gasteiger partial charge is 0.336 e. The highest BCUT2D eigenvalue weighted by molar-refractivity contribution is 5.89. The summed E-state index contributed by atoms with van der Waals surface area (Å²) in [5, 5.41) is 18.1. The van der Waals surface area contributed by atoms with Crippen molar-refractivity contribution in [3.63, 3.8) is 0 Å². The topological polar surface area (TPSA) is 66.8 Å². The molecule has 5 heteroatoms. The number of halogens is 1. The number of rotatable bonds is 6. The molecule has 0 radical (unpaired) electrons. The van der Waals surface area contributed by atoms with Gasteiger partial charge in [0.25, 0.3) is 0 Å². The van der Waals surface area contributed by atoms with Gasteiger partial charge in [0.2, 0.25) is 0 Å². The summed E-state index contributed by atoms with van der Waals surface area (Å²) in [6.45, 7) is 4.37. The van der Waals surface area contributed by atoms with E-state index < -0.39 is 18.4 Å². The molecule has 0 amide bonds. The Morgan fingerprint density at radius 1 is 1.24 bits per heavy atom. The van der Waals surface area contributed by atoms with Crippen LogP contribution >= 0.6 is 0 Å². The van der Waals surface area contributed by atoms with Crippen molar-refractivity contribution >= 4 is 5.97 Å². The average Bonchev–Trinajstić information content (AvgIpc) is 2.46. The molecule has 0 aliphatic carbocycles. The Hall–Kier alpha value is -2.14. The standard InChI is InChI=1S/C16H19FO4/c1-10(2)15(14(17)11(3)8-18)21-9-12-6-4-5-7-13(12)16(19)20/h4-7,18H,8-9H2,1-3H3,(H,19,20)/b14-11+. The van der Waals surface area contributed by atoms with E-state index in [1.54, 1.807) is 32.0 Å². The lowest BCUT2D eigenvalue weighted by Gasteiger charge is -2.13. The molecule has 0 atom stereocenters. The minimum absolute atomic E-state index is 0.0294. The van der Waals surface area contributed by atoms with Crippen LogP contribution in [0.15, 0.2) is 47.0 Å². The highest BCUT2D eigenvalue weighted by Crippen LogP contribution is 2.23. The number of carbonyl (C=O) groups is 1. The molecule has 1 aromatic rings. The highest BCUT2D eigenvalue weighted by atomic mass is 19.1. The highest BCUT2D eigenvalue weighted by Gasteiger charge is 2.14. The molecule has 0 aliphatic rings. The van der Waals surface area contributed by atoms with E-state index in [1.165, 1.54) is 13.0 Å². The Balaban J connectivity index is 3.01. The van der Waals surface area contributed by atoms with Crippen LogP contribution in [-0.4, -0.2) is 22.8 Å². The van der Waals surface area contributed by atoms with E-state index in [0.717, 1.165) is 0 Å². The van der Waals surface area contributed by atoms with Gasteiger partial charge < -0.3 is 14.9 Å². The maximum absolute atomic E-state index is 14.1.